The van der Waals surface area contributed by atoms with E-state index in [2.05, 4.69) is 5.32 Å². The van der Waals surface area contributed by atoms with Crippen molar-refractivity contribution in [1.82, 2.24) is 5.32 Å². The van der Waals surface area contributed by atoms with Gasteiger partial charge in [0, 0.05) is 31.2 Å². The van der Waals surface area contributed by atoms with Gasteiger partial charge in [0.15, 0.2) is 11.6 Å². The van der Waals surface area contributed by atoms with E-state index in [4.69, 9.17) is 4.74 Å². The van der Waals surface area contributed by atoms with Crippen LogP contribution in [0.5, 0.6) is 5.75 Å². The van der Waals surface area contributed by atoms with Gasteiger partial charge < -0.3 is 15.0 Å². The van der Waals surface area contributed by atoms with E-state index in [1.807, 2.05) is 18.7 Å². The van der Waals surface area contributed by atoms with Gasteiger partial charge >= 0.3 is 0 Å². The number of methoxy groups -OCH3 is 1. The predicted octanol–water partition coefficient (Wildman–Crippen LogP) is 1.93. The van der Waals surface area contributed by atoms with Gasteiger partial charge in [0.25, 0.3) is 5.69 Å². The van der Waals surface area contributed by atoms with Crippen LogP contribution in [-0.4, -0.2) is 37.2 Å². The van der Waals surface area contributed by atoms with Gasteiger partial charge in [-0.2, -0.15) is 0 Å². The minimum Gasteiger partial charge on any atom is -0.494 e. The summed E-state index contributed by atoms with van der Waals surface area (Å²) in [6.07, 6.45) is 0. The maximum absolute atomic E-state index is 13.7. The fourth-order valence-corrected chi connectivity index (χ4v) is 2.42. The average molecular weight is 283 g/mol. The number of nitro groups is 1. The molecule has 110 valence electrons. The molecule has 2 atom stereocenters. The van der Waals surface area contributed by atoms with Crippen LogP contribution in [0.3, 0.4) is 0 Å². The van der Waals surface area contributed by atoms with Crippen LogP contribution in [0.2, 0.25) is 0 Å². The van der Waals surface area contributed by atoms with Gasteiger partial charge in [0.1, 0.15) is 5.69 Å². The summed E-state index contributed by atoms with van der Waals surface area (Å²) in [5.74, 6) is -0.706. The van der Waals surface area contributed by atoms with Crippen molar-refractivity contribution in [2.45, 2.75) is 25.9 Å². The van der Waals surface area contributed by atoms with E-state index < -0.39 is 10.7 Å². The molecule has 0 saturated carbocycles. The Balaban J connectivity index is 2.49. The number of ether oxygens (including phenoxy) is 1. The van der Waals surface area contributed by atoms with Gasteiger partial charge in [-0.25, -0.2) is 4.39 Å². The molecule has 0 radical (unpaired) electrons. The number of nitro benzene ring substituents is 1. The molecule has 20 heavy (non-hydrogen) atoms. The molecule has 0 aromatic heterocycles. The molecule has 1 aromatic carbocycles. The Morgan fingerprint density at radius 1 is 1.50 bits per heavy atom. The molecule has 1 heterocycles. The topological polar surface area (TPSA) is 67.6 Å². The maximum Gasteiger partial charge on any atom is 0.295 e. The van der Waals surface area contributed by atoms with Crippen molar-refractivity contribution < 1.29 is 14.1 Å². The van der Waals surface area contributed by atoms with Crippen molar-refractivity contribution in [2.75, 3.05) is 25.1 Å². The first-order valence-electron chi connectivity index (χ1n) is 6.46. The van der Waals surface area contributed by atoms with E-state index in [-0.39, 0.29) is 23.5 Å². The van der Waals surface area contributed by atoms with Gasteiger partial charge in [-0.15, -0.1) is 0 Å². The first kappa shape index (κ1) is 14.5. The third kappa shape index (κ3) is 2.67. The molecule has 0 spiro atoms. The van der Waals surface area contributed by atoms with E-state index in [1.54, 1.807) is 0 Å². The third-order valence-corrected chi connectivity index (χ3v) is 3.52. The van der Waals surface area contributed by atoms with Crippen LogP contribution >= 0.6 is 0 Å². The fourth-order valence-electron chi connectivity index (χ4n) is 2.42. The average Bonchev–Trinajstić information content (AvgIpc) is 2.41. The summed E-state index contributed by atoms with van der Waals surface area (Å²) in [7, 11) is 1.35. The van der Waals surface area contributed by atoms with Gasteiger partial charge in [0.2, 0.25) is 0 Å². The summed E-state index contributed by atoms with van der Waals surface area (Å²) in [6.45, 7) is 5.32. The lowest BCUT2D eigenvalue weighted by Crippen LogP contribution is -2.54. The van der Waals surface area contributed by atoms with Gasteiger partial charge in [-0.1, -0.05) is 0 Å². The fraction of sp³-hybridized carbons (Fsp3) is 0.538. The summed E-state index contributed by atoms with van der Waals surface area (Å²) in [5.41, 5.74) is 0.165. The molecule has 6 nitrogen and oxygen atoms in total. The molecule has 1 fully saturated rings. The molecule has 2 unspecified atom stereocenters. The van der Waals surface area contributed by atoms with Gasteiger partial charge in [-0.05, 0) is 13.8 Å². The number of benzene rings is 1. The molecular formula is C13H18FN3O3. The molecular weight excluding hydrogens is 265 g/mol. The Labute approximate surface area is 116 Å². The number of piperazine rings is 1. The lowest BCUT2D eigenvalue weighted by Gasteiger charge is -2.38. The van der Waals surface area contributed by atoms with Crippen LogP contribution < -0.4 is 15.0 Å². The number of hydrogen-bond donors (Lipinski definition) is 1. The Kier molecular flexibility index (Phi) is 4.08. The third-order valence-electron chi connectivity index (χ3n) is 3.52. The summed E-state index contributed by atoms with van der Waals surface area (Å²) in [6, 6.07) is 2.62. The molecule has 1 aliphatic rings. The second-order valence-corrected chi connectivity index (χ2v) is 5.04. The Hall–Kier alpha value is -1.89. The number of anilines is 1. The van der Waals surface area contributed by atoms with E-state index in [1.165, 1.54) is 13.2 Å². The summed E-state index contributed by atoms with van der Waals surface area (Å²) in [4.78, 5) is 12.5. The van der Waals surface area contributed by atoms with Crippen molar-refractivity contribution in [3.05, 3.63) is 28.1 Å². The van der Waals surface area contributed by atoms with Crippen molar-refractivity contribution in [3.63, 3.8) is 0 Å². The normalized spacial score (nSPS) is 22.7. The predicted molar refractivity (Wildman–Crippen MR) is 73.9 cm³/mol. The molecule has 1 saturated heterocycles. The van der Waals surface area contributed by atoms with Crippen molar-refractivity contribution in [3.8, 4) is 5.75 Å². The number of rotatable bonds is 3. The minimum absolute atomic E-state index is 0.0176. The molecule has 7 heteroatoms. The SMILES string of the molecule is COc1cc(N2CC(C)NCC2C)c([N+](=O)[O-])cc1F. The molecule has 0 aliphatic carbocycles. The molecule has 0 bridgehead atoms. The highest BCUT2D eigenvalue weighted by molar-refractivity contribution is 5.67. The monoisotopic (exact) mass is 283 g/mol. The van der Waals surface area contributed by atoms with E-state index in [0.717, 1.165) is 12.6 Å². The van der Waals surface area contributed by atoms with Gasteiger partial charge in [-0.3, -0.25) is 10.1 Å². The van der Waals surface area contributed by atoms with E-state index in [9.17, 15) is 14.5 Å². The second-order valence-electron chi connectivity index (χ2n) is 5.04. The van der Waals surface area contributed by atoms with Crippen LogP contribution in [0.4, 0.5) is 15.8 Å². The number of hydrogen-bond acceptors (Lipinski definition) is 5. The first-order valence-corrected chi connectivity index (χ1v) is 6.46. The maximum atomic E-state index is 13.7. The van der Waals surface area contributed by atoms with E-state index in [0.29, 0.717) is 12.2 Å². The molecule has 0 amide bonds. The smallest absolute Gasteiger partial charge is 0.295 e. The molecule has 2 rings (SSSR count). The number of nitrogens with one attached hydrogen (secondary N) is 1. The highest BCUT2D eigenvalue weighted by Gasteiger charge is 2.29. The Morgan fingerprint density at radius 2 is 2.20 bits per heavy atom. The highest BCUT2D eigenvalue weighted by Crippen LogP contribution is 2.36. The highest BCUT2D eigenvalue weighted by atomic mass is 19.1. The zero-order valence-corrected chi connectivity index (χ0v) is 11.7. The first-order chi connectivity index (χ1) is 9.43. The Bertz CT molecular complexity index is 524. The number of nitrogens with zero attached hydrogens (tertiary/aromatic N) is 2. The molecule has 1 aromatic rings. The standard InChI is InChI=1S/C13H18FN3O3/c1-8-7-16(9(2)6-15-8)11-5-13(20-3)10(14)4-12(11)17(18)19/h4-5,8-9,15H,6-7H2,1-3H3. The van der Waals surface area contributed by atoms with Crippen LogP contribution in [0.15, 0.2) is 12.1 Å². The zero-order valence-electron chi connectivity index (χ0n) is 11.7. The van der Waals surface area contributed by atoms with E-state index >= 15 is 0 Å². The van der Waals surface area contributed by atoms with Crippen LogP contribution in [0, 0.1) is 15.9 Å². The lowest BCUT2D eigenvalue weighted by molar-refractivity contribution is -0.384. The zero-order chi connectivity index (χ0) is 14.9. The number of halogens is 1. The summed E-state index contributed by atoms with van der Waals surface area (Å²) in [5, 5.41) is 14.5. The molecule has 1 aliphatic heterocycles. The van der Waals surface area contributed by atoms with Gasteiger partial charge in [0.05, 0.1) is 18.1 Å². The van der Waals surface area contributed by atoms with Crippen LogP contribution in [0.1, 0.15) is 13.8 Å². The van der Waals surface area contributed by atoms with Crippen molar-refractivity contribution in [1.29, 1.82) is 0 Å². The Morgan fingerprint density at radius 3 is 2.80 bits per heavy atom. The molecule has 1 N–H and O–H groups in total. The van der Waals surface area contributed by atoms with Crippen LogP contribution in [0.25, 0.3) is 0 Å². The van der Waals surface area contributed by atoms with Crippen LogP contribution in [-0.2, 0) is 0 Å². The lowest BCUT2D eigenvalue weighted by atomic mass is 10.1. The van der Waals surface area contributed by atoms with Crippen molar-refractivity contribution >= 4 is 11.4 Å². The van der Waals surface area contributed by atoms with Crippen molar-refractivity contribution in [2.24, 2.45) is 0 Å². The second kappa shape index (κ2) is 5.62. The minimum atomic E-state index is -0.723. The summed E-state index contributed by atoms with van der Waals surface area (Å²) >= 11 is 0. The largest absolute Gasteiger partial charge is 0.494 e. The quantitative estimate of drug-likeness (QED) is 0.678. The summed E-state index contributed by atoms with van der Waals surface area (Å²) < 4.78 is 18.6.